The van der Waals surface area contributed by atoms with Crippen molar-refractivity contribution in [2.75, 3.05) is 5.32 Å². The van der Waals surface area contributed by atoms with E-state index in [2.05, 4.69) is 91.8 Å². The van der Waals surface area contributed by atoms with Gasteiger partial charge in [0.2, 0.25) is 0 Å². The molecule has 0 aliphatic carbocycles. The molecule has 1 N–H and O–H groups in total. The van der Waals surface area contributed by atoms with Crippen molar-refractivity contribution in [2.24, 2.45) is 0 Å². The van der Waals surface area contributed by atoms with Gasteiger partial charge >= 0.3 is 0 Å². The summed E-state index contributed by atoms with van der Waals surface area (Å²) in [5.74, 6) is 3.12. The van der Waals surface area contributed by atoms with E-state index in [9.17, 15) is 0 Å². The molecule has 0 fully saturated rings. The van der Waals surface area contributed by atoms with Gasteiger partial charge in [0, 0.05) is 17.7 Å². The molecule has 0 saturated carbocycles. The zero-order chi connectivity index (χ0) is 28.7. The summed E-state index contributed by atoms with van der Waals surface area (Å²) in [6.07, 6.45) is 0.715. The van der Waals surface area contributed by atoms with E-state index < -0.39 is 0 Å². The van der Waals surface area contributed by atoms with E-state index in [1.165, 1.54) is 5.56 Å². The number of benzene rings is 6. The fourth-order valence-corrected chi connectivity index (χ4v) is 5.55. The summed E-state index contributed by atoms with van der Waals surface area (Å²) in [4.78, 5) is 0. The summed E-state index contributed by atoms with van der Waals surface area (Å²) < 4.78 is 14.5. The molecule has 6 aromatic carbocycles. The predicted octanol–water partition coefficient (Wildman–Crippen LogP) is 11.8. The maximum atomic E-state index is 6.35. The van der Waals surface area contributed by atoms with Crippen LogP contribution in [0.2, 0.25) is 0 Å². The van der Waals surface area contributed by atoms with Gasteiger partial charge in [0.05, 0.1) is 14.6 Å². The zero-order valence-electron chi connectivity index (χ0n) is 22.6. The van der Waals surface area contributed by atoms with E-state index in [4.69, 9.17) is 9.47 Å². The van der Waals surface area contributed by atoms with Crippen molar-refractivity contribution in [3.05, 3.63) is 166 Å². The van der Waals surface area contributed by atoms with Gasteiger partial charge in [-0.25, -0.2) is 0 Å². The standard InChI is InChI=1S/C37H27Br2NO2/c38-30-17-5-10-22-35(30)41-34-21-9-2-14-27(34)25-26-13-1-3-15-28(26)29-16-4-7-19-32(29)40-33-20-8-12-24-37(33)42-36-23-11-6-18-31(36)39/h1-24,40H,25H2. The first-order valence-electron chi connectivity index (χ1n) is 13.6. The van der Waals surface area contributed by atoms with Crippen molar-refractivity contribution in [1.82, 2.24) is 0 Å². The Labute approximate surface area is 263 Å². The van der Waals surface area contributed by atoms with Gasteiger partial charge in [-0.15, -0.1) is 0 Å². The molecule has 42 heavy (non-hydrogen) atoms. The summed E-state index contributed by atoms with van der Waals surface area (Å²) in [6.45, 7) is 0. The molecule has 0 aromatic heterocycles. The van der Waals surface area contributed by atoms with Crippen molar-refractivity contribution in [1.29, 1.82) is 0 Å². The van der Waals surface area contributed by atoms with Crippen LogP contribution in [0.5, 0.6) is 23.0 Å². The highest BCUT2D eigenvalue weighted by Gasteiger charge is 2.15. The first kappa shape index (κ1) is 27.8. The average Bonchev–Trinajstić information content (AvgIpc) is 3.02. The van der Waals surface area contributed by atoms with Gasteiger partial charge in [0.15, 0.2) is 5.75 Å². The minimum absolute atomic E-state index is 0.715. The van der Waals surface area contributed by atoms with E-state index in [-0.39, 0.29) is 0 Å². The van der Waals surface area contributed by atoms with Gasteiger partial charge in [-0.2, -0.15) is 0 Å². The number of hydrogen-bond donors (Lipinski definition) is 1. The van der Waals surface area contributed by atoms with Crippen molar-refractivity contribution >= 4 is 43.2 Å². The molecule has 3 nitrogen and oxygen atoms in total. The quantitative estimate of drug-likeness (QED) is 0.165. The lowest BCUT2D eigenvalue weighted by atomic mass is 9.93. The maximum Gasteiger partial charge on any atom is 0.150 e. The lowest BCUT2D eigenvalue weighted by molar-refractivity contribution is 0.474. The molecule has 6 rings (SSSR count). The Balaban J connectivity index is 1.32. The molecular formula is C37H27Br2NO2. The van der Waals surface area contributed by atoms with Gasteiger partial charge in [0.1, 0.15) is 17.2 Å². The second-order valence-electron chi connectivity index (χ2n) is 9.67. The van der Waals surface area contributed by atoms with Crippen LogP contribution in [0.25, 0.3) is 11.1 Å². The number of anilines is 2. The fraction of sp³-hybridized carbons (Fsp3) is 0.0270. The molecule has 0 amide bonds. The third kappa shape index (κ3) is 6.43. The van der Waals surface area contributed by atoms with Gasteiger partial charge in [-0.05, 0) is 97.1 Å². The number of nitrogens with one attached hydrogen (secondary N) is 1. The van der Waals surface area contributed by atoms with Crippen molar-refractivity contribution in [3.63, 3.8) is 0 Å². The van der Waals surface area contributed by atoms with Crippen molar-refractivity contribution < 1.29 is 9.47 Å². The molecule has 0 radical (unpaired) electrons. The third-order valence-corrected chi connectivity index (χ3v) is 8.17. The number of rotatable bonds is 9. The number of halogens is 2. The number of hydrogen-bond acceptors (Lipinski definition) is 3. The van der Waals surface area contributed by atoms with Crippen LogP contribution in [0.1, 0.15) is 11.1 Å². The molecule has 6 aromatic rings. The molecule has 0 aliphatic heterocycles. The van der Waals surface area contributed by atoms with E-state index in [1.54, 1.807) is 0 Å². The minimum Gasteiger partial charge on any atom is -0.456 e. The average molecular weight is 677 g/mol. The van der Waals surface area contributed by atoms with Crippen LogP contribution in [0.15, 0.2) is 155 Å². The SMILES string of the molecule is Brc1ccccc1Oc1ccccc1Cc1ccccc1-c1ccccc1Nc1ccccc1Oc1ccccc1Br. The normalized spacial score (nSPS) is 10.7. The van der Waals surface area contributed by atoms with E-state index >= 15 is 0 Å². The third-order valence-electron chi connectivity index (χ3n) is 6.86. The summed E-state index contributed by atoms with van der Waals surface area (Å²) in [5.41, 5.74) is 6.44. The van der Waals surface area contributed by atoms with Crippen molar-refractivity contribution in [2.45, 2.75) is 6.42 Å². The highest BCUT2D eigenvalue weighted by Crippen LogP contribution is 2.39. The summed E-state index contributed by atoms with van der Waals surface area (Å²) in [7, 11) is 0. The first-order valence-corrected chi connectivity index (χ1v) is 15.2. The van der Waals surface area contributed by atoms with Gasteiger partial charge in [-0.1, -0.05) is 97.1 Å². The summed E-state index contributed by atoms with van der Waals surface area (Å²) in [6, 6.07) is 48.9. The molecule has 0 heterocycles. The second-order valence-corrected chi connectivity index (χ2v) is 11.4. The largest absolute Gasteiger partial charge is 0.456 e. The second kappa shape index (κ2) is 13.1. The lowest BCUT2D eigenvalue weighted by Gasteiger charge is -2.18. The summed E-state index contributed by atoms with van der Waals surface area (Å²) >= 11 is 7.20. The van der Waals surface area contributed by atoms with Crippen LogP contribution in [-0.4, -0.2) is 0 Å². The number of ether oxygens (including phenoxy) is 2. The lowest BCUT2D eigenvalue weighted by Crippen LogP contribution is -1.99. The van der Waals surface area contributed by atoms with Gasteiger partial charge in [0.25, 0.3) is 0 Å². The smallest absolute Gasteiger partial charge is 0.150 e. The zero-order valence-corrected chi connectivity index (χ0v) is 25.8. The van der Waals surface area contributed by atoms with Crippen molar-refractivity contribution in [3.8, 4) is 34.1 Å². The summed E-state index contributed by atoms with van der Waals surface area (Å²) in [5, 5.41) is 3.65. The van der Waals surface area contributed by atoms with E-state index in [0.29, 0.717) is 6.42 Å². The Kier molecular flexibility index (Phi) is 8.69. The Hall–Kier alpha value is -4.32. The molecule has 0 aliphatic rings. The monoisotopic (exact) mass is 675 g/mol. The molecule has 206 valence electrons. The van der Waals surface area contributed by atoms with E-state index in [0.717, 1.165) is 60.0 Å². The molecule has 0 unspecified atom stereocenters. The van der Waals surface area contributed by atoms with Crippen LogP contribution in [0, 0.1) is 0 Å². The molecule has 0 atom stereocenters. The van der Waals surface area contributed by atoms with Gasteiger partial charge in [-0.3, -0.25) is 0 Å². The van der Waals surface area contributed by atoms with Crippen LogP contribution in [-0.2, 0) is 6.42 Å². The molecular weight excluding hydrogens is 650 g/mol. The highest BCUT2D eigenvalue weighted by molar-refractivity contribution is 9.10. The van der Waals surface area contributed by atoms with Crippen LogP contribution in [0.3, 0.4) is 0 Å². The topological polar surface area (TPSA) is 30.5 Å². The molecule has 0 bridgehead atoms. The maximum absolute atomic E-state index is 6.35. The fourth-order valence-electron chi connectivity index (χ4n) is 4.81. The minimum atomic E-state index is 0.715. The van der Waals surface area contributed by atoms with Crippen LogP contribution < -0.4 is 14.8 Å². The Bertz CT molecular complexity index is 1700. The van der Waals surface area contributed by atoms with Crippen LogP contribution in [0.4, 0.5) is 11.4 Å². The molecule has 5 heteroatoms. The van der Waals surface area contributed by atoms with Gasteiger partial charge < -0.3 is 14.8 Å². The highest BCUT2D eigenvalue weighted by atomic mass is 79.9. The first-order chi connectivity index (χ1) is 20.7. The molecule has 0 spiro atoms. The van der Waals surface area contributed by atoms with E-state index in [1.807, 2.05) is 91.0 Å². The number of para-hydroxylation sites is 6. The Morgan fingerprint density at radius 1 is 0.405 bits per heavy atom. The molecule has 0 saturated heterocycles. The predicted molar refractivity (Wildman–Crippen MR) is 179 cm³/mol. The Morgan fingerprint density at radius 2 is 0.857 bits per heavy atom. The Morgan fingerprint density at radius 3 is 1.52 bits per heavy atom. The van der Waals surface area contributed by atoms with Crippen LogP contribution >= 0.6 is 31.9 Å².